The van der Waals surface area contributed by atoms with Crippen molar-refractivity contribution < 1.29 is 14.7 Å². The van der Waals surface area contributed by atoms with Crippen molar-refractivity contribution in [1.82, 2.24) is 4.98 Å². The highest BCUT2D eigenvalue weighted by Gasteiger charge is 2.16. The number of aliphatic carboxylic acids is 1. The molecule has 0 unspecified atom stereocenters. The molecule has 0 aliphatic rings. The van der Waals surface area contributed by atoms with Gasteiger partial charge < -0.3 is 10.4 Å². The third kappa shape index (κ3) is 3.73. The molecule has 0 bridgehead atoms. The minimum atomic E-state index is -0.932. The van der Waals surface area contributed by atoms with Crippen molar-refractivity contribution in [1.29, 1.82) is 0 Å². The van der Waals surface area contributed by atoms with Crippen LogP contribution in [0.15, 0.2) is 48.7 Å². The van der Waals surface area contributed by atoms with Crippen molar-refractivity contribution in [2.75, 3.05) is 5.32 Å². The number of rotatable bonds is 4. The van der Waals surface area contributed by atoms with E-state index in [1.165, 1.54) is 6.20 Å². The number of aromatic nitrogens is 1. The highest BCUT2D eigenvalue weighted by Crippen LogP contribution is 2.27. The van der Waals surface area contributed by atoms with Crippen LogP contribution in [-0.2, 0) is 11.2 Å². The topological polar surface area (TPSA) is 79.3 Å². The molecule has 2 N–H and O–H groups in total. The predicted octanol–water partition coefficient (Wildman–Crippen LogP) is 4.42. The van der Waals surface area contributed by atoms with Gasteiger partial charge in [0.25, 0.3) is 5.91 Å². The van der Waals surface area contributed by atoms with Crippen LogP contribution in [0, 0.1) is 0 Å². The number of anilines is 1. The van der Waals surface area contributed by atoms with E-state index in [1.807, 2.05) is 0 Å². The summed E-state index contributed by atoms with van der Waals surface area (Å²) in [6, 6.07) is 11.8. The Labute approximate surface area is 153 Å². The average molecular weight is 375 g/mol. The lowest BCUT2D eigenvalue weighted by Gasteiger charge is -2.11. The van der Waals surface area contributed by atoms with Gasteiger partial charge in [0.2, 0.25) is 0 Å². The molecule has 7 heteroatoms. The van der Waals surface area contributed by atoms with Gasteiger partial charge in [-0.1, -0.05) is 41.4 Å². The number of carbonyl (C=O) groups excluding carboxylic acids is 1. The highest BCUT2D eigenvalue weighted by atomic mass is 35.5. The van der Waals surface area contributed by atoms with Crippen LogP contribution in [0.1, 0.15) is 15.9 Å². The summed E-state index contributed by atoms with van der Waals surface area (Å²) in [5.41, 5.74) is 1.80. The van der Waals surface area contributed by atoms with Crippen molar-refractivity contribution in [2.45, 2.75) is 6.42 Å². The summed E-state index contributed by atoms with van der Waals surface area (Å²) in [6.45, 7) is 0. The molecule has 5 nitrogen and oxygen atoms in total. The van der Waals surface area contributed by atoms with Gasteiger partial charge in [-0.25, -0.2) is 0 Å². The third-order valence-electron chi connectivity index (χ3n) is 3.56. The van der Waals surface area contributed by atoms with Gasteiger partial charge >= 0.3 is 5.97 Å². The van der Waals surface area contributed by atoms with Gasteiger partial charge in [-0.3, -0.25) is 14.6 Å². The Morgan fingerprint density at radius 3 is 2.44 bits per heavy atom. The first kappa shape index (κ1) is 17.2. The summed E-state index contributed by atoms with van der Waals surface area (Å²) in [6.07, 6.45) is 1.36. The molecule has 1 amide bonds. The summed E-state index contributed by atoms with van der Waals surface area (Å²) in [7, 11) is 0. The number of nitrogens with one attached hydrogen (secondary N) is 1. The van der Waals surface area contributed by atoms with E-state index in [4.69, 9.17) is 28.3 Å². The van der Waals surface area contributed by atoms with E-state index >= 15 is 0 Å². The molecule has 0 fully saturated rings. The Morgan fingerprint density at radius 1 is 1.08 bits per heavy atom. The highest BCUT2D eigenvalue weighted by molar-refractivity contribution is 6.40. The summed E-state index contributed by atoms with van der Waals surface area (Å²) < 4.78 is 0. The molecule has 1 aromatic heterocycles. The van der Waals surface area contributed by atoms with E-state index in [-0.39, 0.29) is 22.0 Å². The van der Waals surface area contributed by atoms with Gasteiger partial charge in [0, 0.05) is 11.6 Å². The van der Waals surface area contributed by atoms with Crippen molar-refractivity contribution >= 4 is 51.7 Å². The van der Waals surface area contributed by atoms with Crippen LogP contribution in [0.4, 0.5) is 5.69 Å². The number of pyridine rings is 1. The number of benzene rings is 2. The third-order valence-corrected chi connectivity index (χ3v) is 4.19. The second-order valence-corrected chi connectivity index (χ2v) is 6.16. The number of hydrogen-bond donors (Lipinski definition) is 2. The number of fused-ring (bicyclic) bond motifs is 1. The van der Waals surface area contributed by atoms with Gasteiger partial charge in [-0.2, -0.15) is 0 Å². The summed E-state index contributed by atoms with van der Waals surface area (Å²) in [4.78, 5) is 27.6. The van der Waals surface area contributed by atoms with E-state index in [0.717, 1.165) is 5.39 Å². The molecule has 126 valence electrons. The zero-order valence-corrected chi connectivity index (χ0v) is 14.3. The van der Waals surface area contributed by atoms with Crippen LogP contribution in [0.5, 0.6) is 0 Å². The molecule has 0 aliphatic carbocycles. The molecule has 3 rings (SSSR count). The molecule has 0 atom stereocenters. The minimum Gasteiger partial charge on any atom is -0.481 e. The van der Waals surface area contributed by atoms with Gasteiger partial charge in [-0.05, 0) is 29.8 Å². The molecule has 0 saturated carbocycles. The molecule has 1 heterocycles. The van der Waals surface area contributed by atoms with Crippen molar-refractivity contribution in [3.8, 4) is 0 Å². The number of carboxylic acids is 1. The van der Waals surface area contributed by atoms with Crippen LogP contribution >= 0.6 is 23.2 Å². The van der Waals surface area contributed by atoms with E-state index < -0.39 is 11.9 Å². The first-order valence-corrected chi connectivity index (χ1v) is 8.06. The fourth-order valence-corrected chi connectivity index (χ4v) is 3.05. The first-order valence-electron chi connectivity index (χ1n) is 7.30. The fourth-order valence-electron chi connectivity index (χ4n) is 2.48. The number of halogens is 2. The number of carboxylic acid groups (broad SMARTS) is 1. The standard InChI is InChI=1S/C18H12Cl2N2O3/c19-12-4-2-5-13(20)16(12)18(25)22-14-6-1-3-11-7-10(8-15(23)24)9-21-17(11)14/h1-7,9H,8H2,(H,22,25)(H,23,24). The quantitative estimate of drug-likeness (QED) is 0.708. The van der Waals surface area contributed by atoms with E-state index in [2.05, 4.69) is 10.3 Å². The molecule has 0 spiro atoms. The lowest BCUT2D eigenvalue weighted by Crippen LogP contribution is -2.13. The Balaban J connectivity index is 1.96. The van der Waals surface area contributed by atoms with Gasteiger partial charge in [0.1, 0.15) is 0 Å². The van der Waals surface area contributed by atoms with E-state index in [9.17, 15) is 9.59 Å². The van der Waals surface area contributed by atoms with Crippen LogP contribution in [0.2, 0.25) is 10.0 Å². The zero-order valence-electron chi connectivity index (χ0n) is 12.8. The molecule has 2 aromatic carbocycles. The Bertz CT molecular complexity index is 969. The van der Waals surface area contributed by atoms with Crippen molar-refractivity contribution in [3.05, 3.63) is 69.8 Å². The maximum atomic E-state index is 12.5. The predicted molar refractivity (Wildman–Crippen MR) is 97.5 cm³/mol. The Kier molecular flexibility index (Phi) is 4.88. The molecule has 0 aliphatic heterocycles. The number of hydrogen-bond acceptors (Lipinski definition) is 3. The van der Waals surface area contributed by atoms with Crippen LogP contribution in [0.25, 0.3) is 10.9 Å². The maximum absolute atomic E-state index is 12.5. The molecule has 25 heavy (non-hydrogen) atoms. The smallest absolute Gasteiger partial charge is 0.307 e. The Morgan fingerprint density at radius 2 is 1.76 bits per heavy atom. The second kappa shape index (κ2) is 7.09. The normalized spacial score (nSPS) is 10.6. The summed E-state index contributed by atoms with van der Waals surface area (Å²) in [5.74, 6) is -1.38. The number of para-hydroxylation sites is 1. The number of amides is 1. The first-order chi connectivity index (χ1) is 12.0. The van der Waals surface area contributed by atoms with Crippen LogP contribution < -0.4 is 5.32 Å². The second-order valence-electron chi connectivity index (χ2n) is 5.34. The average Bonchev–Trinajstić information content (AvgIpc) is 2.54. The van der Waals surface area contributed by atoms with Crippen molar-refractivity contribution in [3.63, 3.8) is 0 Å². The largest absolute Gasteiger partial charge is 0.481 e. The molecular weight excluding hydrogens is 363 g/mol. The molecule has 3 aromatic rings. The monoisotopic (exact) mass is 374 g/mol. The lowest BCUT2D eigenvalue weighted by atomic mass is 10.1. The van der Waals surface area contributed by atoms with Crippen LogP contribution in [0.3, 0.4) is 0 Å². The Hall–Kier alpha value is -2.63. The van der Waals surface area contributed by atoms with Crippen molar-refractivity contribution in [2.24, 2.45) is 0 Å². The summed E-state index contributed by atoms with van der Waals surface area (Å²) in [5, 5.41) is 12.9. The number of carbonyl (C=O) groups is 2. The molecule has 0 radical (unpaired) electrons. The maximum Gasteiger partial charge on any atom is 0.307 e. The zero-order chi connectivity index (χ0) is 18.0. The van der Waals surface area contributed by atoms with Gasteiger partial charge in [0.15, 0.2) is 0 Å². The fraction of sp³-hybridized carbons (Fsp3) is 0.0556. The van der Waals surface area contributed by atoms with E-state index in [1.54, 1.807) is 42.5 Å². The SMILES string of the molecule is O=C(O)Cc1cnc2c(NC(=O)c3c(Cl)cccc3Cl)cccc2c1. The summed E-state index contributed by atoms with van der Waals surface area (Å²) >= 11 is 12.1. The lowest BCUT2D eigenvalue weighted by molar-refractivity contribution is -0.136. The molecular formula is C18H12Cl2N2O3. The minimum absolute atomic E-state index is 0.116. The van der Waals surface area contributed by atoms with Gasteiger partial charge in [-0.15, -0.1) is 0 Å². The number of nitrogens with zero attached hydrogens (tertiary/aromatic N) is 1. The van der Waals surface area contributed by atoms with E-state index in [0.29, 0.717) is 16.8 Å². The van der Waals surface area contributed by atoms with Gasteiger partial charge in [0.05, 0.1) is 33.2 Å². The van der Waals surface area contributed by atoms with Crippen LogP contribution in [-0.4, -0.2) is 22.0 Å². The molecule has 0 saturated heterocycles.